The van der Waals surface area contributed by atoms with Gasteiger partial charge < -0.3 is 5.32 Å². The van der Waals surface area contributed by atoms with Gasteiger partial charge in [0.2, 0.25) is 0 Å². The second-order valence-corrected chi connectivity index (χ2v) is 6.94. The molecule has 0 radical (unpaired) electrons. The quantitative estimate of drug-likeness (QED) is 0.784. The van der Waals surface area contributed by atoms with Crippen molar-refractivity contribution in [3.05, 3.63) is 46.6 Å². The molecule has 2 unspecified atom stereocenters. The number of ketones is 1. The molecule has 3 rings (SSSR count). The second kappa shape index (κ2) is 5.08. The molecular formula is C13H11ClN2O5S. The summed E-state index contributed by atoms with van der Waals surface area (Å²) in [4.78, 5) is 25.5. The molecule has 2 N–H and O–H groups in total. The van der Waals surface area contributed by atoms with Crippen molar-refractivity contribution >= 4 is 33.5 Å². The monoisotopic (exact) mass is 342 g/mol. The summed E-state index contributed by atoms with van der Waals surface area (Å²) in [6, 6.07) is 5.40. The number of fused-ring (bicyclic) bond motifs is 1. The van der Waals surface area contributed by atoms with Crippen LogP contribution in [0.25, 0.3) is 0 Å². The Labute approximate surface area is 131 Å². The van der Waals surface area contributed by atoms with Gasteiger partial charge in [0, 0.05) is 18.2 Å². The van der Waals surface area contributed by atoms with E-state index in [1.807, 2.05) is 0 Å². The highest BCUT2D eigenvalue weighted by molar-refractivity contribution is 7.86. The minimum absolute atomic E-state index is 0.239. The zero-order valence-corrected chi connectivity index (χ0v) is 12.6. The summed E-state index contributed by atoms with van der Waals surface area (Å²) < 4.78 is 31.3. The summed E-state index contributed by atoms with van der Waals surface area (Å²) in [5.74, 6) is -0.239. The van der Waals surface area contributed by atoms with Crippen LogP contribution in [-0.4, -0.2) is 41.1 Å². The lowest BCUT2D eigenvalue weighted by Crippen LogP contribution is -2.54. The third kappa shape index (κ3) is 2.39. The highest BCUT2D eigenvalue weighted by atomic mass is 35.5. The fraction of sp³-hybridized carbons (Fsp3) is 0.231. The minimum atomic E-state index is -4.57. The molecule has 7 nitrogen and oxygen atoms in total. The van der Waals surface area contributed by atoms with E-state index in [9.17, 15) is 18.0 Å². The average molecular weight is 343 g/mol. The van der Waals surface area contributed by atoms with Crippen LogP contribution in [0.5, 0.6) is 0 Å². The summed E-state index contributed by atoms with van der Waals surface area (Å²) in [5.41, 5.74) is 1.34. The number of rotatable bonds is 2. The normalized spacial score (nSPS) is 24.8. The van der Waals surface area contributed by atoms with Gasteiger partial charge in [-0.3, -0.25) is 14.2 Å². The van der Waals surface area contributed by atoms with Crippen molar-refractivity contribution in [2.75, 3.05) is 0 Å². The molecule has 0 saturated heterocycles. The predicted molar refractivity (Wildman–Crippen MR) is 77.9 cm³/mol. The summed E-state index contributed by atoms with van der Waals surface area (Å²) >= 11 is 5.82. The largest absolute Gasteiger partial charge is 0.323 e. The van der Waals surface area contributed by atoms with Crippen LogP contribution in [0.15, 0.2) is 35.5 Å². The highest BCUT2D eigenvalue weighted by Gasteiger charge is 2.41. The maximum atomic E-state index is 12.4. The van der Waals surface area contributed by atoms with Crippen LogP contribution in [0, 0.1) is 0 Å². The van der Waals surface area contributed by atoms with E-state index in [4.69, 9.17) is 16.2 Å². The lowest BCUT2D eigenvalue weighted by molar-refractivity contribution is 0.0903. The van der Waals surface area contributed by atoms with E-state index in [0.29, 0.717) is 12.0 Å². The molecule has 1 heterocycles. The lowest BCUT2D eigenvalue weighted by atomic mass is 10.1. The first-order valence-corrected chi connectivity index (χ1v) is 8.21. The van der Waals surface area contributed by atoms with Gasteiger partial charge in [-0.25, -0.2) is 4.79 Å². The van der Waals surface area contributed by atoms with Crippen LogP contribution in [-0.2, 0) is 16.5 Å². The summed E-state index contributed by atoms with van der Waals surface area (Å²) in [5, 5.41) is 0.0794. The maximum Gasteiger partial charge on any atom is 0.323 e. The van der Waals surface area contributed by atoms with Gasteiger partial charge in [-0.2, -0.15) is 8.42 Å². The van der Waals surface area contributed by atoms with Crippen molar-refractivity contribution in [2.45, 2.75) is 17.8 Å². The Morgan fingerprint density at radius 2 is 1.95 bits per heavy atom. The summed E-state index contributed by atoms with van der Waals surface area (Å²) in [6.45, 7) is 0. The molecular weight excluding hydrogens is 332 g/mol. The van der Waals surface area contributed by atoms with Crippen molar-refractivity contribution in [1.29, 1.82) is 0 Å². The molecule has 22 heavy (non-hydrogen) atoms. The molecule has 0 fully saturated rings. The van der Waals surface area contributed by atoms with Gasteiger partial charge in [-0.1, -0.05) is 35.9 Å². The van der Waals surface area contributed by atoms with Crippen LogP contribution >= 0.6 is 11.6 Å². The van der Waals surface area contributed by atoms with Crippen LogP contribution in [0.2, 0.25) is 0 Å². The Kier molecular flexibility index (Phi) is 3.47. The molecule has 1 aromatic carbocycles. The van der Waals surface area contributed by atoms with E-state index in [2.05, 4.69) is 5.32 Å². The Morgan fingerprint density at radius 3 is 2.59 bits per heavy atom. The fourth-order valence-electron chi connectivity index (χ4n) is 2.61. The first-order valence-electron chi connectivity index (χ1n) is 6.33. The number of benzene rings is 1. The number of Topliss-reactive ketones (excluding diaryl/α,β-unsaturated/α-hetero) is 1. The Hall–Kier alpha value is -1.90. The number of carbonyl (C=O) groups excluding carboxylic acids is 2. The molecule has 0 bridgehead atoms. The Balaban J connectivity index is 1.93. The maximum absolute atomic E-state index is 12.4. The topological polar surface area (TPSA) is 104 Å². The van der Waals surface area contributed by atoms with Gasteiger partial charge in [-0.05, 0) is 5.56 Å². The number of amides is 2. The van der Waals surface area contributed by atoms with Crippen molar-refractivity contribution in [3.63, 3.8) is 0 Å². The van der Waals surface area contributed by atoms with Crippen molar-refractivity contribution in [3.8, 4) is 0 Å². The van der Waals surface area contributed by atoms with Gasteiger partial charge in [-0.15, -0.1) is 0 Å². The number of urea groups is 1. The third-order valence-electron chi connectivity index (χ3n) is 3.63. The smallest absolute Gasteiger partial charge is 0.314 e. The first-order chi connectivity index (χ1) is 10.3. The predicted octanol–water partition coefficient (Wildman–Crippen LogP) is 1.11. The number of nitrogens with zero attached hydrogens (tertiary/aromatic N) is 1. The Bertz CT molecular complexity index is 804. The van der Waals surface area contributed by atoms with Gasteiger partial charge in [0.05, 0.1) is 5.03 Å². The van der Waals surface area contributed by atoms with Crippen molar-refractivity contribution in [2.24, 2.45) is 0 Å². The van der Waals surface area contributed by atoms with Gasteiger partial charge in [0.1, 0.15) is 6.04 Å². The molecule has 116 valence electrons. The molecule has 9 heteroatoms. The molecule has 0 spiro atoms. The van der Waals surface area contributed by atoms with Gasteiger partial charge in [0.15, 0.2) is 11.2 Å². The van der Waals surface area contributed by atoms with E-state index in [1.54, 1.807) is 24.3 Å². The SMILES string of the molecule is O=C1c2ccccc2CC1N1C=C(Cl)C(S(=O)(=O)O)NC1=O. The van der Waals surface area contributed by atoms with Crippen LogP contribution in [0.3, 0.4) is 0 Å². The van der Waals surface area contributed by atoms with Gasteiger partial charge >= 0.3 is 6.03 Å². The van der Waals surface area contributed by atoms with E-state index in [1.165, 1.54) is 0 Å². The van der Waals surface area contributed by atoms with Crippen LogP contribution in [0.4, 0.5) is 4.79 Å². The molecule has 2 amide bonds. The van der Waals surface area contributed by atoms with E-state index < -0.39 is 27.6 Å². The molecule has 2 aliphatic rings. The van der Waals surface area contributed by atoms with Crippen LogP contribution < -0.4 is 5.32 Å². The zero-order valence-electron chi connectivity index (χ0n) is 11.1. The van der Waals surface area contributed by atoms with E-state index in [-0.39, 0.29) is 10.8 Å². The van der Waals surface area contributed by atoms with Gasteiger partial charge in [0.25, 0.3) is 10.1 Å². The molecule has 2 atom stereocenters. The average Bonchev–Trinajstić information content (AvgIpc) is 2.77. The molecule has 1 aliphatic carbocycles. The lowest BCUT2D eigenvalue weighted by Gasteiger charge is -2.31. The fourth-order valence-corrected chi connectivity index (χ4v) is 3.70. The number of hydrogen-bond donors (Lipinski definition) is 2. The van der Waals surface area contributed by atoms with Crippen LogP contribution in [0.1, 0.15) is 15.9 Å². The second-order valence-electron chi connectivity index (χ2n) is 5.01. The first kappa shape index (κ1) is 15.0. The summed E-state index contributed by atoms with van der Waals surface area (Å²) in [7, 11) is -4.57. The third-order valence-corrected chi connectivity index (χ3v) is 5.05. The van der Waals surface area contributed by atoms with Crippen molar-refractivity contribution < 1.29 is 22.6 Å². The van der Waals surface area contributed by atoms with E-state index >= 15 is 0 Å². The number of nitrogens with one attached hydrogen (secondary N) is 1. The standard InChI is InChI=1S/C13H11ClN2O5S/c14-9-6-16(13(18)15-12(9)22(19,20)21)10-5-7-3-1-2-4-8(7)11(10)17/h1-4,6,10,12H,5H2,(H,15,18)(H,19,20,21). The Morgan fingerprint density at radius 1 is 1.27 bits per heavy atom. The summed E-state index contributed by atoms with van der Waals surface area (Å²) in [6.07, 6.45) is 1.40. The molecule has 1 aliphatic heterocycles. The number of hydrogen-bond acceptors (Lipinski definition) is 4. The number of carbonyl (C=O) groups is 2. The van der Waals surface area contributed by atoms with Crippen molar-refractivity contribution in [1.82, 2.24) is 10.2 Å². The molecule has 0 aromatic heterocycles. The molecule has 1 aromatic rings. The molecule has 0 saturated carbocycles. The number of halogens is 1. The van der Waals surface area contributed by atoms with E-state index in [0.717, 1.165) is 16.7 Å². The zero-order chi connectivity index (χ0) is 16.1. The minimum Gasteiger partial charge on any atom is -0.314 e. The highest BCUT2D eigenvalue weighted by Crippen LogP contribution is 2.29.